The maximum atomic E-state index is 13.0. The Morgan fingerprint density at radius 1 is 1.11 bits per heavy atom. The van der Waals surface area contributed by atoms with Crippen LogP contribution < -0.4 is 15.4 Å². The summed E-state index contributed by atoms with van der Waals surface area (Å²) in [4.78, 5) is 33.5. The summed E-state index contributed by atoms with van der Waals surface area (Å²) in [5.74, 6) is 0.550. The summed E-state index contributed by atoms with van der Waals surface area (Å²) in [7, 11) is 1.59. The monoisotopic (exact) mass is 492 g/mol. The molecule has 35 heavy (non-hydrogen) atoms. The number of rotatable bonds is 9. The summed E-state index contributed by atoms with van der Waals surface area (Å²) < 4.78 is 10.6. The van der Waals surface area contributed by atoms with E-state index in [9.17, 15) is 9.59 Å². The fourth-order valence-corrected chi connectivity index (χ4v) is 4.77. The van der Waals surface area contributed by atoms with Crippen LogP contribution in [0.4, 0.5) is 4.79 Å². The van der Waals surface area contributed by atoms with Crippen LogP contribution in [-0.4, -0.2) is 41.4 Å². The molecule has 2 amide bonds. The van der Waals surface area contributed by atoms with E-state index >= 15 is 0 Å². The highest BCUT2D eigenvalue weighted by Gasteiger charge is 2.33. The van der Waals surface area contributed by atoms with E-state index in [1.807, 2.05) is 37.3 Å². The van der Waals surface area contributed by atoms with Crippen molar-refractivity contribution in [3.63, 3.8) is 0 Å². The highest BCUT2D eigenvalue weighted by molar-refractivity contribution is 7.99. The average Bonchev–Trinajstić information content (AvgIpc) is 3.22. The molecule has 0 saturated heterocycles. The van der Waals surface area contributed by atoms with Crippen LogP contribution in [0.15, 0.2) is 71.0 Å². The van der Waals surface area contributed by atoms with Gasteiger partial charge in [0.15, 0.2) is 5.16 Å². The summed E-state index contributed by atoms with van der Waals surface area (Å²) >= 11 is 1.42. The van der Waals surface area contributed by atoms with E-state index in [1.54, 1.807) is 26.2 Å². The van der Waals surface area contributed by atoms with Gasteiger partial charge in [-0.05, 0) is 37.1 Å². The number of hydrogen-bond acceptors (Lipinski definition) is 6. The number of aryl methyl sites for hydroxylation is 1. The zero-order valence-electron chi connectivity index (χ0n) is 19.9. The number of H-pyrrole nitrogens is 1. The first kappa shape index (κ1) is 24.4. The Balaban J connectivity index is 1.59. The van der Waals surface area contributed by atoms with Gasteiger partial charge in [0.05, 0.1) is 31.0 Å². The molecule has 1 atom stereocenters. The average molecular weight is 493 g/mol. The van der Waals surface area contributed by atoms with Crippen LogP contribution in [-0.2, 0) is 16.0 Å². The fourth-order valence-electron chi connectivity index (χ4n) is 3.87. The molecule has 0 radical (unpaired) electrons. The fraction of sp³-hybridized carbons (Fsp3) is 0.269. The van der Waals surface area contributed by atoms with E-state index in [-0.39, 0.29) is 12.6 Å². The number of methoxy groups -OCH3 is 1. The van der Waals surface area contributed by atoms with Crippen LogP contribution in [0.2, 0.25) is 0 Å². The summed E-state index contributed by atoms with van der Waals surface area (Å²) in [6.07, 6.45) is 0.723. The molecule has 0 fully saturated rings. The maximum Gasteiger partial charge on any atom is 0.338 e. The Kier molecular flexibility index (Phi) is 7.77. The number of nitrogens with zero attached hydrogens (tertiary/aromatic N) is 1. The third kappa shape index (κ3) is 5.86. The summed E-state index contributed by atoms with van der Waals surface area (Å²) in [6.45, 7) is 3.97. The molecule has 1 aromatic heterocycles. The van der Waals surface area contributed by atoms with Crippen LogP contribution in [0.1, 0.15) is 35.5 Å². The Morgan fingerprint density at radius 2 is 1.86 bits per heavy atom. The topological polar surface area (TPSA) is 105 Å². The van der Waals surface area contributed by atoms with Crippen molar-refractivity contribution in [2.45, 2.75) is 31.5 Å². The lowest BCUT2D eigenvalue weighted by Crippen LogP contribution is -2.46. The number of urea groups is 1. The van der Waals surface area contributed by atoms with E-state index in [2.05, 4.69) is 27.8 Å². The summed E-state index contributed by atoms with van der Waals surface area (Å²) in [6, 6.07) is 16.4. The predicted molar refractivity (Wildman–Crippen MR) is 134 cm³/mol. The minimum atomic E-state index is -0.642. The van der Waals surface area contributed by atoms with Crippen molar-refractivity contribution >= 4 is 23.8 Å². The molecule has 2 heterocycles. The molecule has 182 valence electrons. The van der Waals surface area contributed by atoms with Gasteiger partial charge in [-0.25, -0.2) is 14.6 Å². The number of thioether (sulfide) groups is 1. The van der Waals surface area contributed by atoms with E-state index in [0.29, 0.717) is 22.8 Å². The molecule has 2 aromatic carbocycles. The van der Waals surface area contributed by atoms with Crippen LogP contribution in [0.25, 0.3) is 0 Å². The first-order chi connectivity index (χ1) is 17.0. The van der Waals surface area contributed by atoms with Crippen LogP contribution in [0.3, 0.4) is 0 Å². The van der Waals surface area contributed by atoms with Gasteiger partial charge in [-0.15, -0.1) is 0 Å². The number of nitrogens with one attached hydrogen (secondary N) is 3. The number of aromatic amines is 1. The lowest BCUT2D eigenvalue weighted by molar-refractivity contribution is -0.139. The van der Waals surface area contributed by atoms with Crippen molar-refractivity contribution in [1.82, 2.24) is 20.6 Å². The number of esters is 1. The predicted octanol–water partition coefficient (Wildman–Crippen LogP) is 4.28. The van der Waals surface area contributed by atoms with E-state index in [1.165, 1.54) is 17.3 Å². The van der Waals surface area contributed by atoms with E-state index in [4.69, 9.17) is 14.5 Å². The van der Waals surface area contributed by atoms with Crippen molar-refractivity contribution in [3.8, 4) is 5.75 Å². The van der Waals surface area contributed by atoms with E-state index < -0.39 is 12.0 Å². The Hall–Kier alpha value is -3.72. The van der Waals surface area contributed by atoms with E-state index in [0.717, 1.165) is 28.5 Å². The molecule has 0 aliphatic carbocycles. The van der Waals surface area contributed by atoms with Crippen molar-refractivity contribution in [3.05, 3.63) is 88.4 Å². The van der Waals surface area contributed by atoms with Gasteiger partial charge in [-0.2, -0.15) is 0 Å². The van der Waals surface area contributed by atoms with Gasteiger partial charge in [-0.3, -0.25) is 0 Å². The number of carbonyl (C=O) groups excluding carboxylic acids is 2. The van der Waals surface area contributed by atoms with Gasteiger partial charge >= 0.3 is 12.0 Å². The molecule has 4 rings (SSSR count). The molecule has 0 saturated carbocycles. The van der Waals surface area contributed by atoms with Crippen molar-refractivity contribution in [1.29, 1.82) is 0 Å². The molecular weight excluding hydrogens is 464 g/mol. The third-order valence-electron chi connectivity index (χ3n) is 5.63. The lowest BCUT2D eigenvalue weighted by atomic mass is 9.95. The minimum Gasteiger partial charge on any atom is -0.497 e. The molecule has 9 heteroatoms. The number of imidazole rings is 1. The molecule has 1 aliphatic rings. The molecule has 8 nitrogen and oxygen atoms in total. The van der Waals surface area contributed by atoms with Crippen molar-refractivity contribution in [2.75, 3.05) is 19.5 Å². The first-order valence-electron chi connectivity index (χ1n) is 11.3. The number of benzene rings is 2. The number of carbonyl (C=O) groups is 2. The molecule has 1 aliphatic heterocycles. The third-order valence-corrected chi connectivity index (χ3v) is 6.53. The van der Waals surface area contributed by atoms with Gasteiger partial charge in [-0.1, -0.05) is 54.2 Å². The van der Waals surface area contributed by atoms with Gasteiger partial charge in [0.1, 0.15) is 5.75 Å². The molecular formula is C26H28N4O4S. The zero-order valence-corrected chi connectivity index (χ0v) is 20.7. The molecule has 3 aromatic rings. The lowest BCUT2D eigenvalue weighted by Gasteiger charge is -2.29. The summed E-state index contributed by atoms with van der Waals surface area (Å²) in [5, 5.41) is 6.37. The SMILES string of the molecule is CCOC(=O)C1=C(CSc2nc(Cc3ccccc3)c(C)[nH]2)NC(=O)NC1c1ccc(OC)cc1. The molecule has 0 spiro atoms. The number of amides is 2. The molecule has 3 N–H and O–H groups in total. The first-order valence-corrected chi connectivity index (χ1v) is 12.3. The van der Waals surface area contributed by atoms with Crippen LogP contribution in [0, 0.1) is 6.92 Å². The highest BCUT2D eigenvalue weighted by Crippen LogP contribution is 2.31. The zero-order chi connectivity index (χ0) is 24.8. The Bertz CT molecular complexity index is 1220. The smallest absolute Gasteiger partial charge is 0.338 e. The quantitative estimate of drug-likeness (QED) is 0.304. The van der Waals surface area contributed by atoms with Crippen molar-refractivity contribution < 1.29 is 19.1 Å². The Labute approximate surface area is 208 Å². The molecule has 1 unspecified atom stereocenters. The second kappa shape index (κ2) is 11.1. The largest absolute Gasteiger partial charge is 0.497 e. The van der Waals surface area contributed by atoms with Crippen molar-refractivity contribution in [2.24, 2.45) is 0 Å². The number of ether oxygens (including phenoxy) is 2. The van der Waals surface area contributed by atoms with Gasteiger partial charge < -0.3 is 25.1 Å². The highest BCUT2D eigenvalue weighted by atomic mass is 32.2. The second-order valence-corrected chi connectivity index (χ2v) is 8.95. The standard InChI is InChI=1S/C26H28N4O4S/c1-4-34-24(31)22-21(28-25(32)30-23(22)18-10-12-19(33-3)13-11-18)15-35-26-27-16(2)20(29-26)14-17-8-6-5-7-9-17/h5-13,23H,4,14-15H2,1-3H3,(H,27,29)(H2,28,30,32). The number of aromatic nitrogens is 2. The Morgan fingerprint density at radius 3 is 2.54 bits per heavy atom. The minimum absolute atomic E-state index is 0.228. The normalized spacial score (nSPS) is 15.4. The second-order valence-electron chi connectivity index (χ2n) is 7.98. The maximum absolute atomic E-state index is 13.0. The summed E-state index contributed by atoms with van der Waals surface area (Å²) in [5.41, 5.74) is 4.75. The number of hydrogen-bond donors (Lipinski definition) is 3. The van der Waals surface area contributed by atoms with Crippen LogP contribution in [0.5, 0.6) is 5.75 Å². The van der Waals surface area contributed by atoms with Gasteiger partial charge in [0.2, 0.25) is 0 Å². The van der Waals surface area contributed by atoms with Gasteiger partial charge in [0, 0.05) is 23.6 Å². The van der Waals surface area contributed by atoms with Gasteiger partial charge in [0.25, 0.3) is 0 Å². The van der Waals surface area contributed by atoms with Crippen LogP contribution >= 0.6 is 11.8 Å². The molecule has 0 bridgehead atoms.